The predicted octanol–water partition coefficient (Wildman–Crippen LogP) is 3.82. The van der Waals surface area contributed by atoms with Crippen molar-refractivity contribution in [3.8, 4) is 0 Å². The molecule has 0 radical (unpaired) electrons. The maximum absolute atomic E-state index is 13.7. The van der Waals surface area contributed by atoms with Gasteiger partial charge in [-0.2, -0.15) is 0 Å². The van der Waals surface area contributed by atoms with Crippen molar-refractivity contribution < 1.29 is 18.4 Å². The third-order valence-corrected chi connectivity index (χ3v) is 5.28. The minimum Gasteiger partial charge on any atom is -0.344 e. The quantitative estimate of drug-likeness (QED) is 0.780. The van der Waals surface area contributed by atoms with E-state index in [2.05, 4.69) is 0 Å². The van der Waals surface area contributed by atoms with E-state index in [9.17, 15) is 18.4 Å². The fourth-order valence-corrected chi connectivity index (χ4v) is 3.76. The van der Waals surface area contributed by atoms with Gasteiger partial charge in [-0.25, -0.2) is 8.78 Å². The van der Waals surface area contributed by atoms with Crippen LogP contribution in [0.4, 0.5) is 8.78 Å². The number of hydrogen-bond donors (Lipinski definition) is 0. The lowest BCUT2D eigenvalue weighted by molar-refractivity contribution is -0.136. The molecule has 1 amide bonds. The number of amides is 1. The van der Waals surface area contributed by atoms with Crippen molar-refractivity contribution in [3.63, 3.8) is 0 Å². The first-order valence-corrected chi connectivity index (χ1v) is 8.60. The molecule has 0 bridgehead atoms. The van der Waals surface area contributed by atoms with E-state index in [-0.39, 0.29) is 11.7 Å². The van der Waals surface area contributed by atoms with Crippen molar-refractivity contribution >= 4 is 11.7 Å². The number of halogens is 2. The van der Waals surface area contributed by atoms with Gasteiger partial charge in [-0.05, 0) is 35.7 Å². The summed E-state index contributed by atoms with van der Waals surface area (Å²) in [6, 6.07) is 11.2. The Morgan fingerprint density at radius 2 is 1.85 bits per heavy atom. The molecule has 26 heavy (non-hydrogen) atoms. The van der Waals surface area contributed by atoms with Gasteiger partial charge in [0, 0.05) is 25.4 Å². The molecule has 3 unspecified atom stereocenters. The summed E-state index contributed by atoms with van der Waals surface area (Å²) in [4.78, 5) is 27.3. The Kier molecular flexibility index (Phi) is 4.90. The summed E-state index contributed by atoms with van der Waals surface area (Å²) < 4.78 is 26.9. The van der Waals surface area contributed by atoms with E-state index < -0.39 is 29.4 Å². The monoisotopic (exact) mass is 357 g/mol. The zero-order valence-electron chi connectivity index (χ0n) is 15.0. The molecule has 0 saturated carbocycles. The van der Waals surface area contributed by atoms with E-state index >= 15 is 0 Å². The van der Waals surface area contributed by atoms with Crippen LogP contribution in [0.15, 0.2) is 42.5 Å². The van der Waals surface area contributed by atoms with Crippen LogP contribution in [0, 0.1) is 24.5 Å². The second kappa shape index (κ2) is 6.98. The van der Waals surface area contributed by atoms with E-state index in [0.717, 1.165) is 23.3 Å². The minimum absolute atomic E-state index is 0.191. The van der Waals surface area contributed by atoms with Crippen LogP contribution in [-0.4, -0.2) is 30.2 Å². The maximum Gasteiger partial charge on any atom is 0.233 e. The number of benzene rings is 2. The molecule has 0 spiro atoms. The topological polar surface area (TPSA) is 37.4 Å². The Morgan fingerprint density at radius 1 is 1.15 bits per heavy atom. The molecule has 3 rings (SSSR count). The van der Waals surface area contributed by atoms with Crippen molar-refractivity contribution in [1.82, 2.24) is 4.90 Å². The highest BCUT2D eigenvalue weighted by atomic mass is 19.2. The molecule has 1 fully saturated rings. The number of carbonyl (C=O) groups excluding carboxylic acids is 2. The van der Waals surface area contributed by atoms with E-state index in [1.807, 2.05) is 31.2 Å². The molecule has 2 aromatic rings. The first kappa shape index (κ1) is 18.2. The van der Waals surface area contributed by atoms with Gasteiger partial charge in [0.05, 0.1) is 0 Å². The Morgan fingerprint density at radius 3 is 2.50 bits per heavy atom. The average Bonchev–Trinajstić information content (AvgIpc) is 2.91. The van der Waals surface area contributed by atoms with Crippen molar-refractivity contribution in [2.24, 2.45) is 5.92 Å². The molecule has 1 heterocycles. The number of rotatable bonds is 4. The van der Waals surface area contributed by atoms with Crippen LogP contribution in [0.3, 0.4) is 0 Å². The lowest BCUT2D eigenvalue weighted by Crippen LogP contribution is -2.31. The third-order valence-electron chi connectivity index (χ3n) is 5.28. The first-order chi connectivity index (χ1) is 12.3. The number of nitrogens with zero attached hydrogens (tertiary/aromatic N) is 1. The van der Waals surface area contributed by atoms with Gasteiger partial charge in [0.1, 0.15) is 5.92 Å². The standard InChI is InChI=1S/C21H21F2NO2/c1-12-6-4-5-7-15(12)13(2)20(25)19-16(11-24(3)21(19)26)14-8-9-17(22)18(23)10-14/h4-10,13,16,19H,11H2,1-3H3. The Bertz CT molecular complexity index is 865. The highest BCUT2D eigenvalue weighted by Gasteiger charge is 2.45. The van der Waals surface area contributed by atoms with Gasteiger partial charge < -0.3 is 4.90 Å². The summed E-state index contributed by atoms with van der Waals surface area (Å²) in [5.41, 5.74) is 2.33. The van der Waals surface area contributed by atoms with Crippen LogP contribution in [0.2, 0.25) is 0 Å². The van der Waals surface area contributed by atoms with Crippen molar-refractivity contribution in [2.45, 2.75) is 25.7 Å². The minimum atomic E-state index is -0.970. The van der Waals surface area contributed by atoms with Crippen LogP contribution in [-0.2, 0) is 9.59 Å². The predicted molar refractivity (Wildman–Crippen MR) is 94.8 cm³/mol. The second-order valence-electron chi connectivity index (χ2n) is 6.96. The molecule has 0 N–H and O–H groups in total. The summed E-state index contributed by atoms with van der Waals surface area (Å²) in [6.07, 6.45) is 0. The van der Waals surface area contributed by atoms with Crippen molar-refractivity contribution in [3.05, 3.63) is 70.8 Å². The molecule has 2 aromatic carbocycles. The van der Waals surface area contributed by atoms with Crippen LogP contribution in [0.5, 0.6) is 0 Å². The normalized spacial score (nSPS) is 21.1. The molecular formula is C21H21F2NO2. The summed E-state index contributed by atoms with van der Waals surface area (Å²) >= 11 is 0. The number of ketones is 1. The van der Waals surface area contributed by atoms with Crippen LogP contribution in [0.1, 0.15) is 35.4 Å². The molecule has 5 heteroatoms. The summed E-state index contributed by atoms with van der Waals surface area (Å²) in [7, 11) is 1.63. The molecule has 1 aliphatic rings. The van der Waals surface area contributed by atoms with E-state index in [4.69, 9.17) is 0 Å². The lowest BCUT2D eigenvalue weighted by atomic mass is 9.79. The van der Waals surface area contributed by atoms with Gasteiger partial charge in [0.25, 0.3) is 0 Å². The number of Topliss-reactive ketones (excluding diaryl/α,β-unsaturated/α-hetero) is 1. The Labute approximate surface area is 151 Å². The summed E-state index contributed by atoms with van der Waals surface area (Å²) in [5.74, 6) is -4.20. The van der Waals surface area contributed by atoms with Gasteiger partial charge >= 0.3 is 0 Å². The van der Waals surface area contributed by atoms with Crippen molar-refractivity contribution in [2.75, 3.05) is 13.6 Å². The molecule has 1 aliphatic heterocycles. The van der Waals surface area contributed by atoms with Gasteiger partial charge in [0.15, 0.2) is 17.4 Å². The van der Waals surface area contributed by atoms with Crippen LogP contribution < -0.4 is 0 Å². The maximum atomic E-state index is 13.7. The number of likely N-dealkylation sites (tertiary alicyclic amines) is 1. The number of hydrogen-bond acceptors (Lipinski definition) is 2. The molecule has 3 nitrogen and oxygen atoms in total. The first-order valence-electron chi connectivity index (χ1n) is 8.60. The summed E-state index contributed by atoms with van der Waals surface area (Å²) in [6.45, 7) is 4.02. The molecular weight excluding hydrogens is 336 g/mol. The molecule has 3 atom stereocenters. The van der Waals surface area contributed by atoms with Crippen LogP contribution in [0.25, 0.3) is 0 Å². The highest BCUT2D eigenvalue weighted by Crippen LogP contribution is 2.37. The summed E-state index contributed by atoms with van der Waals surface area (Å²) in [5, 5.41) is 0. The fourth-order valence-electron chi connectivity index (χ4n) is 3.76. The SMILES string of the molecule is Cc1ccccc1C(C)C(=O)C1C(=O)N(C)CC1c1ccc(F)c(F)c1. The largest absolute Gasteiger partial charge is 0.344 e. The number of carbonyl (C=O) groups is 2. The van der Waals surface area contributed by atoms with Gasteiger partial charge in [-0.1, -0.05) is 37.3 Å². The smallest absolute Gasteiger partial charge is 0.233 e. The molecule has 136 valence electrons. The van der Waals surface area contributed by atoms with Gasteiger partial charge in [0.2, 0.25) is 5.91 Å². The molecule has 0 aliphatic carbocycles. The third kappa shape index (κ3) is 3.14. The molecule has 0 aromatic heterocycles. The fraction of sp³-hybridized carbons (Fsp3) is 0.333. The molecule has 1 saturated heterocycles. The average molecular weight is 357 g/mol. The van der Waals surface area contributed by atoms with Gasteiger partial charge in [-0.3, -0.25) is 9.59 Å². The Balaban J connectivity index is 1.96. The number of likely N-dealkylation sites (N-methyl/N-ethyl adjacent to an activating group) is 1. The van der Waals surface area contributed by atoms with Gasteiger partial charge in [-0.15, -0.1) is 0 Å². The highest BCUT2D eigenvalue weighted by molar-refractivity contribution is 6.06. The van der Waals surface area contributed by atoms with Crippen molar-refractivity contribution in [1.29, 1.82) is 0 Å². The van der Waals surface area contributed by atoms with E-state index in [1.54, 1.807) is 14.0 Å². The van der Waals surface area contributed by atoms with E-state index in [0.29, 0.717) is 12.1 Å². The second-order valence-corrected chi connectivity index (χ2v) is 6.96. The zero-order chi connectivity index (χ0) is 19.0. The zero-order valence-corrected chi connectivity index (χ0v) is 15.0. The van der Waals surface area contributed by atoms with Crippen LogP contribution >= 0.6 is 0 Å². The number of aryl methyl sites for hydroxylation is 1. The van der Waals surface area contributed by atoms with E-state index in [1.165, 1.54) is 11.0 Å². The Hall–Kier alpha value is -2.56. The lowest BCUT2D eigenvalue weighted by Gasteiger charge is -2.21.